The van der Waals surface area contributed by atoms with Gasteiger partial charge < -0.3 is 9.32 Å². The highest BCUT2D eigenvalue weighted by atomic mass is 19.1. The van der Waals surface area contributed by atoms with Gasteiger partial charge in [-0.2, -0.15) is 0 Å². The van der Waals surface area contributed by atoms with Crippen LogP contribution in [-0.2, 0) is 0 Å². The van der Waals surface area contributed by atoms with Gasteiger partial charge in [0.2, 0.25) is 0 Å². The van der Waals surface area contributed by atoms with Gasteiger partial charge in [0.25, 0.3) is 11.6 Å². The molecule has 1 fully saturated rings. The van der Waals surface area contributed by atoms with Crippen LogP contribution in [0.4, 0.5) is 10.1 Å². The average molecular weight is 318 g/mol. The minimum absolute atomic E-state index is 0.00117. The number of furan rings is 1. The van der Waals surface area contributed by atoms with Gasteiger partial charge in [0.05, 0.1) is 22.8 Å². The Hall–Kier alpha value is -2.70. The van der Waals surface area contributed by atoms with Crippen molar-refractivity contribution in [1.29, 1.82) is 0 Å². The van der Waals surface area contributed by atoms with Gasteiger partial charge in [0.15, 0.2) is 0 Å². The van der Waals surface area contributed by atoms with Crippen molar-refractivity contribution in [1.82, 2.24) is 4.90 Å². The lowest BCUT2D eigenvalue weighted by molar-refractivity contribution is -0.384. The molecular formula is C16H15FN2O4. The second-order valence-electron chi connectivity index (χ2n) is 5.56. The van der Waals surface area contributed by atoms with Crippen LogP contribution in [-0.4, -0.2) is 21.8 Å². The Morgan fingerprint density at radius 1 is 1.43 bits per heavy atom. The number of rotatable bonds is 5. The minimum atomic E-state index is -0.766. The quantitative estimate of drug-likeness (QED) is 0.622. The number of carbonyl (C=O) groups excluding carboxylic acids is 1. The highest BCUT2D eigenvalue weighted by Gasteiger charge is 2.38. The van der Waals surface area contributed by atoms with Crippen LogP contribution >= 0.6 is 0 Å². The van der Waals surface area contributed by atoms with E-state index < -0.39 is 16.6 Å². The Bertz CT molecular complexity index is 741. The third-order valence-electron chi connectivity index (χ3n) is 3.94. The number of nitro benzene ring substituents is 1. The molecule has 0 N–H and O–H groups in total. The van der Waals surface area contributed by atoms with E-state index in [0.29, 0.717) is 5.76 Å². The van der Waals surface area contributed by atoms with Gasteiger partial charge in [-0.05, 0) is 38.0 Å². The fourth-order valence-electron chi connectivity index (χ4n) is 2.61. The number of hydrogen-bond donors (Lipinski definition) is 0. The van der Waals surface area contributed by atoms with E-state index in [1.807, 2.05) is 0 Å². The first kappa shape index (κ1) is 15.2. The Morgan fingerprint density at radius 2 is 2.17 bits per heavy atom. The third kappa shape index (κ3) is 2.94. The van der Waals surface area contributed by atoms with E-state index in [0.717, 1.165) is 31.0 Å². The fraction of sp³-hybridized carbons (Fsp3) is 0.312. The summed E-state index contributed by atoms with van der Waals surface area (Å²) in [4.78, 5) is 24.5. The summed E-state index contributed by atoms with van der Waals surface area (Å²) in [6.45, 7) is 1.80. The van der Waals surface area contributed by atoms with Crippen LogP contribution in [0.25, 0.3) is 0 Å². The topological polar surface area (TPSA) is 76.6 Å². The Morgan fingerprint density at radius 3 is 2.74 bits per heavy atom. The number of non-ortho nitro benzene ring substituents is 1. The molecule has 0 radical (unpaired) electrons. The molecule has 3 rings (SSSR count). The van der Waals surface area contributed by atoms with Crippen LogP contribution < -0.4 is 0 Å². The molecule has 1 heterocycles. The molecule has 120 valence electrons. The lowest BCUT2D eigenvalue weighted by atomic mass is 10.1. The highest BCUT2D eigenvalue weighted by Crippen LogP contribution is 2.36. The summed E-state index contributed by atoms with van der Waals surface area (Å²) >= 11 is 0. The van der Waals surface area contributed by atoms with Crippen LogP contribution in [0.5, 0.6) is 0 Å². The SMILES string of the molecule is CC(c1ccco1)N(C(=O)c1cc([N+](=O)[O-])ccc1F)C1CC1. The largest absolute Gasteiger partial charge is 0.467 e. The second-order valence-corrected chi connectivity index (χ2v) is 5.56. The van der Waals surface area contributed by atoms with Crippen molar-refractivity contribution >= 4 is 11.6 Å². The second kappa shape index (κ2) is 5.83. The summed E-state index contributed by atoms with van der Waals surface area (Å²) < 4.78 is 19.4. The van der Waals surface area contributed by atoms with Crippen molar-refractivity contribution in [2.45, 2.75) is 31.8 Å². The van der Waals surface area contributed by atoms with Crippen LogP contribution in [0.2, 0.25) is 0 Å². The molecular weight excluding hydrogens is 303 g/mol. The molecule has 7 heteroatoms. The van der Waals surface area contributed by atoms with Gasteiger partial charge in [0, 0.05) is 18.2 Å². The third-order valence-corrected chi connectivity index (χ3v) is 3.94. The first-order valence-corrected chi connectivity index (χ1v) is 7.29. The predicted molar refractivity (Wildman–Crippen MR) is 79.4 cm³/mol. The number of nitrogens with zero attached hydrogens (tertiary/aromatic N) is 2. The smallest absolute Gasteiger partial charge is 0.270 e. The molecule has 23 heavy (non-hydrogen) atoms. The molecule has 1 aromatic carbocycles. The van der Waals surface area contributed by atoms with E-state index in [-0.39, 0.29) is 23.3 Å². The van der Waals surface area contributed by atoms with E-state index in [1.165, 1.54) is 6.26 Å². The molecule has 0 aliphatic heterocycles. The van der Waals surface area contributed by atoms with E-state index >= 15 is 0 Å². The highest BCUT2D eigenvalue weighted by molar-refractivity contribution is 5.95. The van der Waals surface area contributed by atoms with E-state index in [9.17, 15) is 19.3 Å². The summed E-state index contributed by atoms with van der Waals surface area (Å²) in [5.74, 6) is -0.730. The number of nitro groups is 1. The molecule has 2 aromatic rings. The minimum Gasteiger partial charge on any atom is -0.467 e. The molecule has 0 saturated heterocycles. The van der Waals surface area contributed by atoms with Gasteiger partial charge in [-0.3, -0.25) is 14.9 Å². The number of amides is 1. The van der Waals surface area contributed by atoms with Crippen LogP contribution in [0.3, 0.4) is 0 Å². The zero-order valence-electron chi connectivity index (χ0n) is 12.4. The van der Waals surface area contributed by atoms with Gasteiger partial charge in [0.1, 0.15) is 11.6 Å². The molecule has 1 amide bonds. The van der Waals surface area contributed by atoms with Crippen LogP contribution in [0.15, 0.2) is 41.0 Å². The lowest BCUT2D eigenvalue weighted by Gasteiger charge is -2.28. The van der Waals surface area contributed by atoms with Gasteiger partial charge in [-0.1, -0.05) is 0 Å². The fourth-order valence-corrected chi connectivity index (χ4v) is 2.61. The maximum Gasteiger partial charge on any atom is 0.270 e. The first-order chi connectivity index (χ1) is 11.0. The van der Waals surface area contributed by atoms with Crippen molar-refractivity contribution in [3.8, 4) is 0 Å². The van der Waals surface area contributed by atoms with Crippen molar-refractivity contribution in [3.05, 3.63) is 63.9 Å². The molecule has 0 spiro atoms. The summed E-state index contributed by atoms with van der Waals surface area (Å²) in [7, 11) is 0. The molecule has 1 unspecified atom stereocenters. The molecule has 1 saturated carbocycles. The molecule has 1 aliphatic rings. The number of halogens is 1. The summed E-state index contributed by atoms with van der Waals surface area (Å²) in [6.07, 6.45) is 3.16. The van der Waals surface area contributed by atoms with Gasteiger partial charge >= 0.3 is 0 Å². The monoisotopic (exact) mass is 318 g/mol. The molecule has 0 bridgehead atoms. The zero-order chi connectivity index (χ0) is 16.6. The van der Waals surface area contributed by atoms with Gasteiger partial charge in [-0.15, -0.1) is 0 Å². The average Bonchev–Trinajstić information content (AvgIpc) is 3.19. The summed E-state index contributed by atoms with van der Waals surface area (Å²) in [6, 6.07) is 6.08. The van der Waals surface area contributed by atoms with Crippen LogP contribution in [0.1, 0.15) is 41.9 Å². The lowest BCUT2D eigenvalue weighted by Crippen LogP contribution is -2.36. The van der Waals surface area contributed by atoms with Crippen molar-refractivity contribution in [3.63, 3.8) is 0 Å². The van der Waals surface area contributed by atoms with E-state index in [4.69, 9.17) is 4.42 Å². The van der Waals surface area contributed by atoms with Gasteiger partial charge in [-0.25, -0.2) is 4.39 Å². The predicted octanol–water partition coefficient (Wildman–Crippen LogP) is 3.69. The molecule has 1 atom stereocenters. The van der Waals surface area contributed by atoms with E-state index in [2.05, 4.69) is 0 Å². The Labute approximate surface area is 131 Å². The van der Waals surface area contributed by atoms with Crippen LogP contribution in [0, 0.1) is 15.9 Å². The molecule has 1 aliphatic carbocycles. The Kier molecular flexibility index (Phi) is 3.85. The first-order valence-electron chi connectivity index (χ1n) is 7.29. The number of benzene rings is 1. The summed E-state index contributed by atoms with van der Waals surface area (Å²) in [5.41, 5.74) is -0.597. The Balaban J connectivity index is 1.96. The maximum atomic E-state index is 14.0. The standard InChI is InChI=1S/C16H15FN2O4/c1-10(15-3-2-8-23-15)18(11-4-5-11)16(20)13-9-12(19(21)22)6-7-14(13)17/h2-3,6-11H,4-5H2,1H3. The zero-order valence-corrected chi connectivity index (χ0v) is 12.4. The molecule has 6 nitrogen and oxygen atoms in total. The van der Waals surface area contributed by atoms with Crippen molar-refractivity contribution < 1.29 is 18.5 Å². The van der Waals surface area contributed by atoms with E-state index in [1.54, 1.807) is 24.0 Å². The van der Waals surface area contributed by atoms with Crippen molar-refractivity contribution in [2.24, 2.45) is 0 Å². The van der Waals surface area contributed by atoms with Crippen molar-refractivity contribution in [2.75, 3.05) is 0 Å². The number of carbonyl (C=O) groups is 1. The number of hydrogen-bond acceptors (Lipinski definition) is 4. The maximum absolute atomic E-state index is 14.0. The summed E-state index contributed by atoms with van der Waals surface area (Å²) in [5, 5.41) is 10.9. The molecule has 1 aromatic heterocycles. The normalized spacial score (nSPS) is 15.2.